The van der Waals surface area contributed by atoms with E-state index in [0.717, 1.165) is 12.1 Å². The van der Waals surface area contributed by atoms with Crippen LogP contribution in [0, 0.1) is 11.3 Å². The first-order valence-electron chi connectivity index (χ1n) is 7.03. The molecule has 0 radical (unpaired) electrons. The van der Waals surface area contributed by atoms with Gasteiger partial charge in [0.2, 0.25) is 0 Å². The van der Waals surface area contributed by atoms with Gasteiger partial charge in [0.15, 0.2) is 0 Å². The molecule has 124 valence electrons. The highest BCUT2D eigenvalue weighted by atomic mass is 19.4. The third-order valence-electron chi connectivity index (χ3n) is 3.41. The third kappa shape index (κ3) is 3.74. The number of carbonyl (C=O) groups is 1. The number of halogens is 3. The van der Waals surface area contributed by atoms with Crippen molar-refractivity contribution in [1.82, 2.24) is 0 Å². The summed E-state index contributed by atoms with van der Waals surface area (Å²) in [5, 5.41) is 9.24. The number of rotatable bonds is 3. The van der Waals surface area contributed by atoms with Crippen molar-refractivity contribution < 1.29 is 27.4 Å². The van der Waals surface area contributed by atoms with Gasteiger partial charge in [-0.3, -0.25) is 0 Å². The van der Waals surface area contributed by atoms with Crippen molar-refractivity contribution in [2.24, 2.45) is 0 Å². The molecule has 1 aromatic rings. The topological polar surface area (TPSA) is 62.6 Å². The summed E-state index contributed by atoms with van der Waals surface area (Å²) in [6, 6.07) is 3.64. The van der Waals surface area contributed by atoms with Crippen LogP contribution in [0.25, 0.3) is 0 Å². The van der Waals surface area contributed by atoms with Crippen LogP contribution in [0.3, 0.4) is 0 Å². The molecule has 1 fully saturated rings. The summed E-state index contributed by atoms with van der Waals surface area (Å²) in [6.07, 6.45) is -4.73. The van der Waals surface area contributed by atoms with E-state index in [1.165, 1.54) is 6.92 Å². The second-order valence-electron chi connectivity index (χ2n) is 4.84. The van der Waals surface area contributed by atoms with E-state index in [-0.39, 0.29) is 17.9 Å². The van der Waals surface area contributed by atoms with Crippen LogP contribution in [-0.4, -0.2) is 38.9 Å². The molecule has 1 aliphatic rings. The summed E-state index contributed by atoms with van der Waals surface area (Å²) in [6.45, 7) is 2.94. The first-order chi connectivity index (χ1) is 10.9. The molecule has 0 saturated carbocycles. The molecule has 23 heavy (non-hydrogen) atoms. The monoisotopic (exact) mass is 328 g/mol. The summed E-state index contributed by atoms with van der Waals surface area (Å²) in [4.78, 5) is 13.4. The molecule has 0 aliphatic carbocycles. The minimum atomic E-state index is -4.73. The molecule has 0 amide bonds. The number of ether oxygens (including phenoxy) is 2. The van der Waals surface area contributed by atoms with Gasteiger partial charge in [-0.2, -0.15) is 18.4 Å². The van der Waals surface area contributed by atoms with Crippen LogP contribution in [0.4, 0.5) is 18.9 Å². The summed E-state index contributed by atoms with van der Waals surface area (Å²) < 4.78 is 49.7. The van der Waals surface area contributed by atoms with Crippen LogP contribution in [0.5, 0.6) is 0 Å². The van der Waals surface area contributed by atoms with Gasteiger partial charge < -0.3 is 14.4 Å². The molecule has 0 atom stereocenters. The van der Waals surface area contributed by atoms with Crippen LogP contribution >= 0.6 is 0 Å². The quantitative estimate of drug-likeness (QED) is 0.798. The maximum atomic E-state index is 13.3. The van der Waals surface area contributed by atoms with E-state index >= 15 is 0 Å². The fourth-order valence-electron chi connectivity index (χ4n) is 2.36. The minimum Gasteiger partial charge on any atom is -0.462 e. The molecule has 0 bridgehead atoms. The highest BCUT2D eigenvalue weighted by molar-refractivity contribution is 5.93. The van der Waals surface area contributed by atoms with Gasteiger partial charge in [0.05, 0.1) is 42.2 Å². The Morgan fingerprint density at radius 3 is 2.57 bits per heavy atom. The molecule has 1 saturated heterocycles. The maximum Gasteiger partial charge on any atom is 0.417 e. The molecule has 0 unspecified atom stereocenters. The van der Waals surface area contributed by atoms with Crippen LogP contribution < -0.4 is 4.90 Å². The lowest BCUT2D eigenvalue weighted by Gasteiger charge is -2.30. The Hall–Kier alpha value is -2.27. The SMILES string of the molecule is CCOC(=O)c1cc(C#N)c(N2CCOCC2)cc1C(F)(F)F. The predicted molar refractivity (Wildman–Crippen MR) is 75.1 cm³/mol. The molecule has 0 spiro atoms. The first-order valence-corrected chi connectivity index (χ1v) is 7.03. The van der Waals surface area contributed by atoms with Crippen LogP contribution in [0.2, 0.25) is 0 Å². The summed E-state index contributed by atoms with van der Waals surface area (Å²) >= 11 is 0. The largest absolute Gasteiger partial charge is 0.462 e. The second kappa shape index (κ2) is 6.87. The number of hydrogen-bond acceptors (Lipinski definition) is 5. The zero-order valence-corrected chi connectivity index (χ0v) is 12.4. The number of hydrogen-bond donors (Lipinski definition) is 0. The Labute approximate surface area is 131 Å². The van der Waals surface area contributed by atoms with Gasteiger partial charge in [0, 0.05) is 13.1 Å². The Balaban J connectivity index is 2.56. The number of benzene rings is 1. The Kier molecular flexibility index (Phi) is 5.11. The van der Waals surface area contributed by atoms with Gasteiger partial charge in [0.1, 0.15) is 6.07 Å². The molecule has 8 heteroatoms. The molecule has 0 N–H and O–H groups in total. The van der Waals surface area contributed by atoms with E-state index in [1.54, 1.807) is 4.90 Å². The zero-order valence-electron chi connectivity index (χ0n) is 12.4. The van der Waals surface area contributed by atoms with Gasteiger partial charge in [-0.15, -0.1) is 0 Å². The number of nitriles is 1. The highest BCUT2D eigenvalue weighted by Gasteiger charge is 2.37. The zero-order chi connectivity index (χ0) is 17.0. The first kappa shape index (κ1) is 17.1. The lowest BCUT2D eigenvalue weighted by Crippen LogP contribution is -2.37. The van der Waals surface area contributed by atoms with Crippen molar-refractivity contribution in [3.63, 3.8) is 0 Å². The van der Waals surface area contributed by atoms with E-state index < -0.39 is 23.3 Å². The highest BCUT2D eigenvalue weighted by Crippen LogP contribution is 2.37. The Bertz CT molecular complexity index is 632. The number of nitrogens with zero attached hydrogens (tertiary/aromatic N) is 2. The average Bonchev–Trinajstić information content (AvgIpc) is 2.53. The molecule has 1 heterocycles. The summed E-state index contributed by atoms with van der Waals surface area (Å²) in [5.74, 6) is -1.09. The molecule has 1 aromatic carbocycles. The van der Waals surface area contributed by atoms with Crippen molar-refractivity contribution in [1.29, 1.82) is 5.26 Å². The van der Waals surface area contributed by atoms with Crippen molar-refractivity contribution >= 4 is 11.7 Å². The van der Waals surface area contributed by atoms with E-state index in [0.29, 0.717) is 26.3 Å². The summed E-state index contributed by atoms with van der Waals surface area (Å²) in [7, 11) is 0. The van der Waals surface area contributed by atoms with Crippen molar-refractivity contribution in [3.05, 3.63) is 28.8 Å². The predicted octanol–water partition coefficient (Wildman–Crippen LogP) is 2.59. The van der Waals surface area contributed by atoms with E-state index in [9.17, 15) is 23.2 Å². The van der Waals surface area contributed by atoms with Gasteiger partial charge in [-0.25, -0.2) is 4.79 Å². The van der Waals surface area contributed by atoms with E-state index in [2.05, 4.69) is 4.74 Å². The fraction of sp³-hybridized carbons (Fsp3) is 0.467. The van der Waals surface area contributed by atoms with Crippen molar-refractivity contribution in [2.45, 2.75) is 13.1 Å². The molecular formula is C15H15F3N2O3. The van der Waals surface area contributed by atoms with Gasteiger partial charge in [-0.1, -0.05) is 0 Å². The van der Waals surface area contributed by atoms with Gasteiger partial charge >= 0.3 is 12.1 Å². The van der Waals surface area contributed by atoms with Crippen molar-refractivity contribution in [3.8, 4) is 6.07 Å². The molecule has 5 nitrogen and oxygen atoms in total. The van der Waals surface area contributed by atoms with Crippen molar-refractivity contribution in [2.75, 3.05) is 37.8 Å². The molecular weight excluding hydrogens is 313 g/mol. The average molecular weight is 328 g/mol. The van der Waals surface area contributed by atoms with E-state index in [4.69, 9.17) is 4.74 Å². The Morgan fingerprint density at radius 2 is 2.04 bits per heavy atom. The van der Waals surface area contributed by atoms with Gasteiger partial charge in [0.25, 0.3) is 0 Å². The summed E-state index contributed by atoms with van der Waals surface area (Å²) in [5.41, 5.74) is -1.59. The minimum absolute atomic E-state index is 0.00273. The van der Waals surface area contributed by atoms with E-state index in [1.807, 2.05) is 6.07 Å². The molecule has 2 rings (SSSR count). The lowest BCUT2D eigenvalue weighted by atomic mass is 10.0. The normalized spacial score (nSPS) is 15.2. The number of carbonyl (C=O) groups excluding carboxylic acids is 1. The van der Waals surface area contributed by atoms with Crippen LogP contribution in [-0.2, 0) is 15.7 Å². The number of anilines is 1. The van der Waals surface area contributed by atoms with Crippen LogP contribution in [0.1, 0.15) is 28.4 Å². The molecule has 1 aliphatic heterocycles. The smallest absolute Gasteiger partial charge is 0.417 e. The maximum absolute atomic E-state index is 13.3. The van der Waals surface area contributed by atoms with Gasteiger partial charge in [-0.05, 0) is 19.1 Å². The lowest BCUT2D eigenvalue weighted by molar-refractivity contribution is -0.138. The Morgan fingerprint density at radius 1 is 1.39 bits per heavy atom. The molecule has 0 aromatic heterocycles. The fourth-order valence-corrected chi connectivity index (χ4v) is 2.36. The number of alkyl halides is 3. The standard InChI is InChI=1S/C15H15F3N2O3/c1-2-23-14(21)11-7-10(9-19)13(8-12(11)15(16,17)18)20-3-5-22-6-4-20/h7-8H,2-6H2,1H3. The second-order valence-corrected chi connectivity index (χ2v) is 4.84. The number of morpholine rings is 1. The third-order valence-corrected chi connectivity index (χ3v) is 3.41. The van der Waals surface area contributed by atoms with Crippen LogP contribution in [0.15, 0.2) is 12.1 Å². The number of esters is 1.